The van der Waals surface area contributed by atoms with Gasteiger partial charge in [0, 0.05) is 13.2 Å². The van der Waals surface area contributed by atoms with Crippen molar-refractivity contribution in [2.24, 2.45) is 0 Å². The first-order valence-electron chi connectivity index (χ1n) is 6.56. The van der Waals surface area contributed by atoms with Gasteiger partial charge in [0.2, 0.25) is 10.0 Å². The molecule has 0 amide bonds. The largest absolute Gasteiger partial charge is 0.393 e. The zero-order valence-electron chi connectivity index (χ0n) is 11.3. The Morgan fingerprint density at radius 3 is 2.81 bits per heavy atom. The fourth-order valence-corrected chi connectivity index (χ4v) is 3.47. The molecule has 0 spiro atoms. The number of nitro groups is 1. The van der Waals surface area contributed by atoms with Crippen molar-refractivity contribution in [2.75, 3.05) is 18.9 Å². The molecule has 1 unspecified atom stereocenters. The number of nitrogen functional groups attached to an aromatic ring is 1. The Kier molecular flexibility index (Phi) is 4.76. The van der Waals surface area contributed by atoms with E-state index in [-0.39, 0.29) is 18.3 Å². The van der Waals surface area contributed by atoms with Gasteiger partial charge in [-0.3, -0.25) is 10.1 Å². The summed E-state index contributed by atoms with van der Waals surface area (Å²) in [4.78, 5) is 9.79. The third kappa shape index (κ3) is 3.69. The number of nitrogens with one attached hydrogen (secondary N) is 1. The monoisotopic (exact) mass is 315 g/mol. The molecule has 0 bridgehead atoms. The fourth-order valence-electron chi connectivity index (χ4n) is 2.20. The van der Waals surface area contributed by atoms with E-state index >= 15 is 0 Å². The minimum atomic E-state index is -4.01. The van der Waals surface area contributed by atoms with Gasteiger partial charge in [-0.25, -0.2) is 13.1 Å². The molecule has 0 aliphatic carbocycles. The molecule has 1 saturated heterocycles. The van der Waals surface area contributed by atoms with E-state index in [2.05, 4.69) is 4.72 Å². The van der Waals surface area contributed by atoms with E-state index in [9.17, 15) is 18.5 Å². The van der Waals surface area contributed by atoms with Crippen LogP contribution in [0.2, 0.25) is 0 Å². The van der Waals surface area contributed by atoms with Gasteiger partial charge in [0.1, 0.15) is 5.69 Å². The zero-order valence-corrected chi connectivity index (χ0v) is 12.1. The van der Waals surface area contributed by atoms with Crippen LogP contribution in [0.4, 0.5) is 11.4 Å². The van der Waals surface area contributed by atoms with Gasteiger partial charge in [-0.1, -0.05) is 6.07 Å². The molecule has 1 aliphatic rings. The van der Waals surface area contributed by atoms with E-state index in [0.29, 0.717) is 6.61 Å². The first kappa shape index (κ1) is 15.7. The molecule has 1 aliphatic heterocycles. The quantitative estimate of drug-likeness (QED) is 0.475. The van der Waals surface area contributed by atoms with E-state index in [0.717, 1.165) is 19.3 Å². The summed E-state index contributed by atoms with van der Waals surface area (Å²) in [6.45, 7) is 0.694. The maximum absolute atomic E-state index is 12.2. The van der Waals surface area contributed by atoms with E-state index in [4.69, 9.17) is 10.5 Å². The van der Waals surface area contributed by atoms with Crippen LogP contribution in [0.15, 0.2) is 23.1 Å². The molecular formula is C12H17N3O5S. The third-order valence-corrected chi connectivity index (χ3v) is 4.73. The summed E-state index contributed by atoms with van der Waals surface area (Å²) in [5.41, 5.74) is 4.71. The standard InChI is InChI=1S/C12H17N3O5S/c13-10-5-3-6-11(12(10)15(16)17)21(18,19)14-8-9-4-1-2-7-20-9/h3,5-6,9,14H,1-2,4,7-8,13H2. The molecule has 0 radical (unpaired) electrons. The predicted molar refractivity (Wildman–Crippen MR) is 76.3 cm³/mol. The number of anilines is 1. The summed E-state index contributed by atoms with van der Waals surface area (Å²) in [5, 5.41) is 11.0. The summed E-state index contributed by atoms with van der Waals surface area (Å²) < 4.78 is 32.2. The highest BCUT2D eigenvalue weighted by Crippen LogP contribution is 2.29. The van der Waals surface area contributed by atoms with E-state index in [1.165, 1.54) is 18.2 Å². The van der Waals surface area contributed by atoms with Crippen LogP contribution in [0.25, 0.3) is 0 Å². The van der Waals surface area contributed by atoms with Crippen LogP contribution in [0, 0.1) is 10.1 Å². The molecule has 1 aromatic carbocycles. The topological polar surface area (TPSA) is 125 Å². The Hall–Kier alpha value is -1.71. The molecule has 116 valence electrons. The maximum atomic E-state index is 12.2. The molecule has 0 saturated carbocycles. The van der Waals surface area contributed by atoms with Crippen LogP contribution >= 0.6 is 0 Å². The average molecular weight is 315 g/mol. The fraction of sp³-hybridized carbons (Fsp3) is 0.500. The molecule has 8 nitrogen and oxygen atoms in total. The summed E-state index contributed by atoms with van der Waals surface area (Å²) in [7, 11) is -4.01. The minimum absolute atomic E-state index is 0.0916. The predicted octanol–water partition coefficient (Wildman–Crippen LogP) is 1.02. The number of nitro benzene ring substituents is 1. The van der Waals surface area contributed by atoms with Crippen molar-refractivity contribution in [1.29, 1.82) is 0 Å². The van der Waals surface area contributed by atoms with Crippen molar-refractivity contribution in [2.45, 2.75) is 30.3 Å². The number of nitrogens with zero attached hydrogens (tertiary/aromatic N) is 1. The zero-order chi connectivity index (χ0) is 15.5. The van der Waals surface area contributed by atoms with Gasteiger partial charge < -0.3 is 10.5 Å². The lowest BCUT2D eigenvalue weighted by Gasteiger charge is -2.22. The van der Waals surface area contributed by atoms with E-state index in [1.807, 2.05) is 0 Å². The van der Waals surface area contributed by atoms with Gasteiger partial charge >= 0.3 is 5.69 Å². The molecule has 1 fully saturated rings. The van der Waals surface area contributed by atoms with Crippen molar-refractivity contribution in [3.63, 3.8) is 0 Å². The van der Waals surface area contributed by atoms with Crippen molar-refractivity contribution in [1.82, 2.24) is 4.72 Å². The highest BCUT2D eigenvalue weighted by Gasteiger charge is 2.28. The normalized spacial score (nSPS) is 19.3. The van der Waals surface area contributed by atoms with Crippen molar-refractivity contribution < 1.29 is 18.1 Å². The molecule has 1 atom stereocenters. The van der Waals surface area contributed by atoms with E-state index < -0.39 is 25.5 Å². The molecule has 3 N–H and O–H groups in total. The number of nitrogens with two attached hydrogens (primary N) is 1. The number of hydrogen-bond acceptors (Lipinski definition) is 6. The highest BCUT2D eigenvalue weighted by atomic mass is 32.2. The average Bonchev–Trinajstić information content (AvgIpc) is 2.46. The Labute approximate surface area is 122 Å². The lowest BCUT2D eigenvalue weighted by molar-refractivity contribution is -0.386. The first-order valence-corrected chi connectivity index (χ1v) is 8.04. The van der Waals surface area contributed by atoms with Gasteiger partial charge in [0.25, 0.3) is 0 Å². The Bertz CT molecular complexity index is 626. The molecule has 1 heterocycles. The van der Waals surface area contributed by atoms with Crippen LogP contribution in [0.1, 0.15) is 19.3 Å². The second-order valence-electron chi connectivity index (χ2n) is 4.79. The van der Waals surface area contributed by atoms with Gasteiger partial charge in [-0.15, -0.1) is 0 Å². The lowest BCUT2D eigenvalue weighted by atomic mass is 10.1. The molecule has 0 aromatic heterocycles. The Balaban J connectivity index is 2.19. The van der Waals surface area contributed by atoms with Crippen molar-refractivity contribution >= 4 is 21.4 Å². The molecule has 9 heteroatoms. The lowest BCUT2D eigenvalue weighted by Crippen LogP contribution is -2.35. The van der Waals surface area contributed by atoms with Crippen LogP contribution in [0.3, 0.4) is 0 Å². The molecule has 21 heavy (non-hydrogen) atoms. The highest BCUT2D eigenvalue weighted by molar-refractivity contribution is 7.89. The Morgan fingerprint density at radius 2 is 2.19 bits per heavy atom. The summed E-state index contributed by atoms with van der Waals surface area (Å²) in [6.07, 6.45) is 2.50. The number of para-hydroxylation sites is 1. The molecular weight excluding hydrogens is 298 g/mol. The Morgan fingerprint density at radius 1 is 1.43 bits per heavy atom. The van der Waals surface area contributed by atoms with Crippen LogP contribution < -0.4 is 10.5 Å². The summed E-state index contributed by atoms with van der Waals surface area (Å²) in [6, 6.07) is 3.83. The van der Waals surface area contributed by atoms with Crippen LogP contribution in [-0.2, 0) is 14.8 Å². The first-order chi connectivity index (χ1) is 9.92. The number of hydrogen-bond donors (Lipinski definition) is 2. The third-order valence-electron chi connectivity index (χ3n) is 3.28. The van der Waals surface area contributed by atoms with Crippen LogP contribution in [-0.4, -0.2) is 32.6 Å². The molecule has 1 aromatic rings. The van der Waals surface area contributed by atoms with Crippen LogP contribution in [0.5, 0.6) is 0 Å². The van der Waals surface area contributed by atoms with E-state index in [1.54, 1.807) is 0 Å². The second-order valence-corrected chi connectivity index (χ2v) is 6.53. The van der Waals surface area contributed by atoms with Gasteiger partial charge in [-0.05, 0) is 31.4 Å². The van der Waals surface area contributed by atoms with Gasteiger partial charge in [-0.2, -0.15) is 0 Å². The summed E-state index contributed by atoms with van der Waals surface area (Å²) in [5.74, 6) is 0. The molecule has 2 rings (SSSR count). The van der Waals surface area contributed by atoms with Gasteiger partial charge in [0.15, 0.2) is 4.90 Å². The number of sulfonamides is 1. The second kappa shape index (κ2) is 6.37. The van der Waals surface area contributed by atoms with Crippen molar-refractivity contribution in [3.05, 3.63) is 28.3 Å². The number of benzene rings is 1. The smallest absolute Gasteiger partial charge is 0.312 e. The SMILES string of the molecule is Nc1cccc(S(=O)(=O)NCC2CCCCO2)c1[N+](=O)[O-]. The van der Waals surface area contributed by atoms with Gasteiger partial charge in [0.05, 0.1) is 11.0 Å². The maximum Gasteiger partial charge on any atom is 0.312 e. The summed E-state index contributed by atoms with van der Waals surface area (Å²) >= 11 is 0. The minimum Gasteiger partial charge on any atom is -0.393 e. The van der Waals surface area contributed by atoms with Crippen molar-refractivity contribution in [3.8, 4) is 0 Å². The number of rotatable bonds is 5. The number of ether oxygens (including phenoxy) is 1.